The first-order valence-corrected chi connectivity index (χ1v) is 8.88. The number of benzene rings is 1. The van der Waals surface area contributed by atoms with Gasteiger partial charge in [-0.3, -0.25) is 4.98 Å². The minimum atomic E-state index is 0.639. The highest BCUT2D eigenvalue weighted by Crippen LogP contribution is 2.01. The molecule has 0 spiro atoms. The molecule has 0 aliphatic carbocycles. The van der Waals surface area contributed by atoms with Gasteiger partial charge in [-0.2, -0.15) is 0 Å². The molecule has 2 heterocycles. The highest BCUT2D eigenvalue weighted by Gasteiger charge is 2.01. The third-order valence-corrected chi connectivity index (χ3v) is 3.91. The van der Waals surface area contributed by atoms with Crippen LogP contribution in [0.3, 0.4) is 0 Å². The second kappa shape index (κ2) is 10.0. The van der Waals surface area contributed by atoms with E-state index in [0.717, 1.165) is 43.3 Å². The zero-order chi connectivity index (χ0) is 17.9. The fourth-order valence-electron chi connectivity index (χ4n) is 2.54. The van der Waals surface area contributed by atoms with E-state index in [1.807, 2.05) is 54.7 Å². The highest BCUT2D eigenvalue weighted by atomic mass is 16.3. The molecule has 26 heavy (non-hydrogen) atoms. The Morgan fingerprint density at radius 2 is 1.69 bits per heavy atom. The topological polar surface area (TPSA) is 62.5 Å². The van der Waals surface area contributed by atoms with Crippen molar-refractivity contribution in [2.75, 3.05) is 13.1 Å². The molecule has 0 radical (unpaired) electrons. The lowest BCUT2D eigenvalue weighted by atomic mass is 10.2. The fraction of sp³-hybridized carbons (Fsp3) is 0.238. The third-order valence-electron chi connectivity index (χ3n) is 3.91. The molecule has 134 valence electrons. The number of hydrogen-bond donors (Lipinski definition) is 2. The van der Waals surface area contributed by atoms with Crippen LogP contribution in [0, 0.1) is 0 Å². The first-order chi connectivity index (χ1) is 12.9. The van der Waals surface area contributed by atoms with Gasteiger partial charge in [0.2, 0.25) is 0 Å². The number of nitrogens with zero attached hydrogens (tertiary/aromatic N) is 2. The van der Waals surface area contributed by atoms with Crippen LogP contribution in [0.1, 0.15) is 17.0 Å². The van der Waals surface area contributed by atoms with Crippen LogP contribution in [-0.2, 0) is 19.4 Å². The van der Waals surface area contributed by atoms with Crippen LogP contribution in [-0.4, -0.2) is 24.0 Å². The maximum absolute atomic E-state index is 5.38. The van der Waals surface area contributed by atoms with E-state index in [4.69, 9.17) is 4.42 Å². The van der Waals surface area contributed by atoms with E-state index in [0.29, 0.717) is 6.54 Å². The minimum Gasteiger partial charge on any atom is -0.469 e. The average molecular weight is 348 g/mol. The summed E-state index contributed by atoms with van der Waals surface area (Å²) in [6.45, 7) is 2.18. The Morgan fingerprint density at radius 3 is 2.42 bits per heavy atom. The second-order valence-corrected chi connectivity index (χ2v) is 5.90. The Bertz CT molecular complexity index is 770. The molecule has 3 aromatic rings. The summed E-state index contributed by atoms with van der Waals surface area (Å²) in [4.78, 5) is 9.04. The maximum atomic E-state index is 5.38. The van der Waals surface area contributed by atoms with Gasteiger partial charge in [-0.05, 0) is 29.8 Å². The summed E-state index contributed by atoms with van der Waals surface area (Å²) in [7, 11) is 0. The van der Waals surface area contributed by atoms with E-state index in [2.05, 4.69) is 32.7 Å². The van der Waals surface area contributed by atoms with Crippen molar-refractivity contribution in [2.45, 2.75) is 19.4 Å². The lowest BCUT2D eigenvalue weighted by Gasteiger charge is -2.12. The van der Waals surface area contributed by atoms with Crippen molar-refractivity contribution in [3.05, 3.63) is 90.1 Å². The summed E-state index contributed by atoms with van der Waals surface area (Å²) in [6, 6.07) is 20.1. The van der Waals surface area contributed by atoms with E-state index in [1.54, 1.807) is 6.26 Å². The molecular weight excluding hydrogens is 324 g/mol. The van der Waals surface area contributed by atoms with Gasteiger partial charge >= 0.3 is 0 Å². The van der Waals surface area contributed by atoms with Gasteiger partial charge in [-0.25, -0.2) is 4.99 Å². The monoisotopic (exact) mass is 348 g/mol. The number of aliphatic imine (C=N–C) groups is 1. The van der Waals surface area contributed by atoms with Crippen molar-refractivity contribution < 1.29 is 4.42 Å². The first kappa shape index (κ1) is 17.7. The number of nitrogens with one attached hydrogen (secondary N) is 2. The lowest BCUT2D eigenvalue weighted by Crippen LogP contribution is -2.39. The maximum Gasteiger partial charge on any atom is 0.191 e. The SMILES string of the molecule is c1ccc(CN=C(NCCc2ccccn2)NCCc2ccco2)cc1. The fourth-order valence-corrected chi connectivity index (χ4v) is 2.54. The largest absolute Gasteiger partial charge is 0.469 e. The minimum absolute atomic E-state index is 0.639. The van der Waals surface area contributed by atoms with Gasteiger partial charge in [-0.1, -0.05) is 36.4 Å². The first-order valence-electron chi connectivity index (χ1n) is 8.88. The van der Waals surface area contributed by atoms with Crippen LogP contribution >= 0.6 is 0 Å². The van der Waals surface area contributed by atoms with Crippen molar-refractivity contribution in [1.82, 2.24) is 15.6 Å². The number of furan rings is 1. The molecule has 5 heteroatoms. The van der Waals surface area contributed by atoms with Gasteiger partial charge in [0.05, 0.1) is 12.8 Å². The van der Waals surface area contributed by atoms with Gasteiger partial charge in [0.1, 0.15) is 5.76 Å². The summed E-state index contributed by atoms with van der Waals surface area (Å²) < 4.78 is 5.38. The van der Waals surface area contributed by atoms with Crippen molar-refractivity contribution in [1.29, 1.82) is 0 Å². The second-order valence-electron chi connectivity index (χ2n) is 5.90. The molecule has 0 aliphatic heterocycles. The Balaban J connectivity index is 1.52. The molecule has 2 aromatic heterocycles. The summed E-state index contributed by atoms with van der Waals surface area (Å²) >= 11 is 0. The molecule has 0 amide bonds. The van der Waals surface area contributed by atoms with Crippen LogP contribution in [0.5, 0.6) is 0 Å². The quantitative estimate of drug-likeness (QED) is 0.485. The van der Waals surface area contributed by atoms with Crippen molar-refractivity contribution in [2.24, 2.45) is 4.99 Å². The Morgan fingerprint density at radius 1 is 0.885 bits per heavy atom. The number of aromatic nitrogens is 1. The Labute approximate surface area is 154 Å². The predicted molar refractivity (Wildman–Crippen MR) is 104 cm³/mol. The standard InChI is InChI=1S/C21H24N4O/c1-2-7-18(8-3-1)17-25-21(24-15-12-20-10-6-16-26-20)23-14-11-19-9-4-5-13-22-19/h1-10,13,16H,11-12,14-15,17H2,(H2,23,24,25). The van der Waals surface area contributed by atoms with Crippen molar-refractivity contribution in [3.63, 3.8) is 0 Å². The van der Waals surface area contributed by atoms with E-state index in [9.17, 15) is 0 Å². The van der Waals surface area contributed by atoms with Gasteiger partial charge in [0, 0.05) is 37.8 Å². The van der Waals surface area contributed by atoms with Gasteiger partial charge in [0.15, 0.2) is 5.96 Å². The van der Waals surface area contributed by atoms with E-state index in [-0.39, 0.29) is 0 Å². The van der Waals surface area contributed by atoms with Gasteiger partial charge in [-0.15, -0.1) is 0 Å². The van der Waals surface area contributed by atoms with Gasteiger partial charge < -0.3 is 15.1 Å². The molecule has 0 bridgehead atoms. The van der Waals surface area contributed by atoms with Crippen LogP contribution in [0.25, 0.3) is 0 Å². The van der Waals surface area contributed by atoms with Crippen LogP contribution in [0.4, 0.5) is 0 Å². The third kappa shape index (κ3) is 6.09. The molecule has 0 unspecified atom stereocenters. The van der Waals surface area contributed by atoms with Crippen molar-refractivity contribution in [3.8, 4) is 0 Å². The molecule has 3 rings (SSSR count). The van der Waals surface area contributed by atoms with Crippen molar-refractivity contribution >= 4 is 5.96 Å². The van der Waals surface area contributed by atoms with E-state index < -0.39 is 0 Å². The lowest BCUT2D eigenvalue weighted by molar-refractivity contribution is 0.506. The summed E-state index contributed by atoms with van der Waals surface area (Å²) in [5, 5.41) is 6.76. The normalized spacial score (nSPS) is 11.3. The smallest absolute Gasteiger partial charge is 0.191 e. The molecule has 2 N–H and O–H groups in total. The van der Waals surface area contributed by atoms with Crippen LogP contribution in [0.15, 0.2) is 82.5 Å². The zero-order valence-corrected chi connectivity index (χ0v) is 14.8. The zero-order valence-electron chi connectivity index (χ0n) is 14.8. The molecule has 0 atom stereocenters. The Kier molecular flexibility index (Phi) is 6.84. The molecule has 0 saturated heterocycles. The number of hydrogen-bond acceptors (Lipinski definition) is 3. The van der Waals surface area contributed by atoms with E-state index in [1.165, 1.54) is 5.56 Å². The number of guanidine groups is 1. The predicted octanol–water partition coefficient (Wildman–Crippen LogP) is 3.20. The van der Waals surface area contributed by atoms with Gasteiger partial charge in [0.25, 0.3) is 0 Å². The highest BCUT2D eigenvalue weighted by molar-refractivity contribution is 5.79. The molecule has 5 nitrogen and oxygen atoms in total. The van der Waals surface area contributed by atoms with E-state index >= 15 is 0 Å². The number of pyridine rings is 1. The van der Waals surface area contributed by atoms with Crippen LogP contribution in [0.2, 0.25) is 0 Å². The molecule has 0 fully saturated rings. The molecule has 0 saturated carbocycles. The summed E-state index contributed by atoms with van der Waals surface area (Å²) in [5.74, 6) is 1.77. The molecule has 0 aliphatic rings. The summed E-state index contributed by atoms with van der Waals surface area (Å²) in [5.41, 5.74) is 2.25. The molecular formula is C21H24N4O. The average Bonchev–Trinajstić information content (AvgIpc) is 3.21. The van der Waals surface area contributed by atoms with Crippen LogP contribution < -0.4 is 10.6 Å². The number of rotatable bonds is 8. The summed E-state index contributed by atoms with van der Waals surface area (Å²) in [6.07, 6.45) is 5.19. The Hall–Kier alpha value is -3.08. The molecule has 1 aromatic carbocycles.